The summed E-state index contributed by atoms with van der Waals surface area (Å²) in [5.41, 5.74) is -4.73. The average molecular weight is 556 g/mol. The topological polar surface area (TPSA) is 34.0 Å². The number of nitrogens with zero attached hydrogens (tertiary/aromatic N) is 2. The van der Waals surface area contributed by atoms with Crippen LogP contribution in [0.2, 0.25) is 0 Å². The molecule has 0 spiro atoms. The van der Waals surface area contributed by atoms with Gasteiger partial charge in [0.2, 0.25) is 0 Å². The zero-order chi connectivity index (χ0) is 28.6. The van der Waals surface area contributed by atoms with Gasteiger partial charge in [-0.2, -0.15) is 10.2 Å². The van der Waals surface area contributed by atoms with Crippen molar-refractivity contribution < 1.29 is 48.6 Å². The van der Waals surface area contributed by atoms with Crippen molar-refractivity contribution in [1.29, 1.82) is 0 Å². The molecule has 4 rings (SSSR count). The molecular weight excluding hydrogens is 545 g/mol. The number of ether oxygens (including phenoxy) is 1. The van der Waals surface area contributed by atoms with E-state index >= 15 is 0 Å². The summed E-state index contributed by atoms with van der Waals surface area (Å²) in [7, 11) is 1.39. The van der Waals surface area contributed by atoms with Gasteiger partial charge in [0.1, 0.15) is 5.75 Å². The third-order valence-corrected chi connectivity index (χ3v) is 5.66. The molecule has 0 radical (unpaired) electrons. The van der Waals surface area contributed by atoms with Crippen molar-refractivity contribution in [2.75, 3.05) is 7.11 Å². The average Bonchev–Trinajstić information content (AvgIpc) is 2.95. The van der Waals surface area contributed by atoms with Crippen molar-refractivity contribution >= 4 is 34.5 Å². The minimum atomic E-state index is -2.76. The van der Waals surface area contributed by atoms with Crippen molar-refractivity contribution in [2.45, 2.75) is 0 Å². The van der Waals surface area contributed by atoms with E-state index in [-0.39, 0.29) is 5.69 Å². The predicted octanol–water partition coefficient (Wildman–Crippen LogP) is 6.02. The fourth-order valence-corrected chi connectivity index (χ4v) is 3.79. The second-order valence-electron chi connectivity index (χ2n) is 7.86. The molecule has 39 heavy (non-hydrogen) atoms. The summed E-state index contributed by atoms with van der Waals surface area (Å²) in [5.74, 6) is -25.0. The summed E-state index contributed by atoms with van der Waals surface area (Å²) in [4.78, 5) is 0. The first-order chi connectivity index (χ1) is 18.5. The molecule has 3 nitrogen and oxygen atoms in total. The van der Waals surface area contributed by atoms with Gasteiger partial charge in [0.15, 0.2) is 58.2 Å². The largest absolute Gasteiger partial charge is 0.497 e. The Morgan fingerprint density at radius 1 is 0.513 bits per heavy atom. The molecule has 0 aliphatic rings. The predicted molar refractivity (Wildman–Crippen MR) is 121 cm³/mol. The number of rotatable bonds is 6. The van der Waals surface area contributed by atoms with Crippen molar-refractivity contribution in [1.82, 2.24) is 0 Å². The Balaban J connectivity index is 2.05. The summed E-state index contributed by atoms with van der Waals surface area (Å²) in [6, 6.07) is 10.1. The van der Waals surface area contributed by atoms with Crippen LogP contribution in [0.4, 0.5) is 55.3 Å². The molecule has 200 valence electrons. The van der Waals surface area contributed by atoms with E-state index in [9.17, 15) is 43.9 Å². The van der Waals surface area contributed by atoms with E-state index in [4.69, 9.17) is 4.74 Å². The van der Waals surface area contributed by atoms with Crippen LogP contribution in [0.1, 0.15) is 0 Å². The van der Waals surface area contributed by atoms with Gasteiger partial charge >= 0.3 is 0 Å². The molecule has 0 amide bonds. The van der Waals surface area contributed by atoms with Crippen LogP contribution >= 0.6 is 0 Å². The van der Waals surface area contributed by atoms with E-state index in [1.807, 2.05) is 0 Å². The molecule has 14 heteroatoms. The van der Waals surface area contributed by atoms with Gasteiger partial charge in [-0.05, 0) is 35.8 Å². The van der Waals surface area contributed by atoms with Crippen molar-refractivity contribution in [3.8, 4) is 5.75 Å². The normalized spacial score (nSPS) is 11.4. The van der Waals surface area contributed by atoms with E-state index in [1.165, 1.54) is 37.4 Å². The SMILES string of the molecule is COc1ccc(N=Nc2ccccc2B(c2c(F)c(F)c(F)c(F)c2F)c2c(F)c(F)c(F)c(F)c2F)cc1. The van der Waals surface area contributed by atoms with Gasteiger partial charge in [-0.25, -0.2) is 43.9 Å². The number of hydrogen-bond acceptors (Lipinski definition) is 3. The van der Waals surface area contributed by atoms with Gasteiger partial charge in [-0.3, -0.25) is 0 Å². The molecule has 0 heterocycles. The van der Waals surface area contributed by atoms with Crippen LogP contribution in [-0.2, 0) is 0 Å². The first-order valence-corrected chi connectivity index (χ1v) is 10.7. The van der Waals surface area contributed by atoms with Crippen LogP contribution in [0.5, 0.6) is 5.75 Å². The molecule has 0 saturated heterocycles. The van der Waals surface area contributed by atoms with E-state index in [2.05, 4.69) is 10.2 Å². The standard InChI is InChI=1S/C25H11BF10N2O/c1-39-11-8-6-10(7-9-11)37-38-13-5-3-2-4-12(13)26(14-16(27)20(31)24(35)21(32)17(14)28)15-18(29)22(33)25(36)23(34)19(15)30/h2-9H,1H3. The Hall–Kier alpha value is -4.36. The Kier molecular flexibility index (Phi) is 7.66. The van der Waals surface area contributed by atoms with Crippen LogP contribution in [0.15, 0.2) is 58.8 Å². The molecule has 4 aromatic rings. The third kappa shape index (κ3) is 4.82. The Morgan fingerprint density at radius 3 is 1.36 bits per heavy atom. The molecule has 4 aromatic carbocycles. The highest BCUT2D eigenvalue weighted by Gasteiger charge is 2.41. The number of halogens is 10. The van der Waals surface area contributed by atoms with Gasteiger partial charge in [-0.15, -0.1) is 0 Å². The molecule has 0 bridgehead atoms. The van der Waals surface area contributed by atoms with Gasteiger partial charge in [0.05, 0.1) is 18.5 Å². The van der Waals surface area contributed by atoms with E-state index in [0.29, 0.717) is 5.75 Å². The zero-order valence-electron chi connectivity index (χ0n) is 19.3. The first kappa shape index (κ1) is 27.7. The Labute approximate surface area is 213 Å². The van der Waals surface area contributed by atoms with Gasteiger partial charge in [-0.1, -0.05) is 18.2 Å². The second kappa shape index (κ2) is 10.8. The maximum absolute atomic E-state index is 14.9. The van der Waals surface area contributed by atoms with Crippen LogP contribution in [0.25, 0.3) is 0 Å². The van der Waals surface area contributed by atoms with E-state index < -0.39 is 87.0 Å². The lowest BCUT2D eigenvalue weighted by Crippen LogP contribution is -2.58. The van der Waals surface area contributed by atoms with Crippen LogP contribution < -0.4 is 21.1 Å². The Morgan fingerprint density at radius 2 is 0.923 bits per heavy atom. The third-order valence-electron chi connectivity index (χ3n) is 5.66. The van der Waals surface area contributed by atoms with Gasteiger partial charge < -0.3 is 4.74 Å². The highest BCUT2D eigenvalue weighted by molar-refractivity contribution is 6.96. The van der Waals surface area contributed by atoms with Gasteiger partial charge in [0, 0.05) is 10.9 Å². The highest BCUT2D eigenvalue weighted by atomic mass is 19.2. The summed E-state index contributed by atoms with van der Waals surface area (Å²) >= 11 is 0. The van der Waals surface area contributed by atoms with E-state index in [1.54, 1.807) is 0 Å². The van der Waals surface area contributed by atoms with Crippen molar-refractivity contribution in [3.63, 3.8) is 0 Å². The van der Waals surface area contributed by atoms with Crippen LogP contribution in [0, 0.1) is 58.2 Å². The first-order valence-electron chi connectivity index (χ1n) is 10.7. The summed E-state index contributed by atoms with van der Waals surface area (Å²) in [5, 5.41) is 7.67. The molecule has 0 atom stereocenters. The van der Waals surface area contributed by atoms with E-state index in [0.717, 1.165) is 18.2 Å². The number of methoxy groups -OCH3 is 1. The smallest absolute Gasteiger partial charge is 0.260 e. The fraction of sp³-hybridized carbons (Fsp3) is 0.0400. The zero-order valence-corrected chi connectivity index (χ0v) is 19.3. The van der Waals surface area contributed by atoms with Crippen LogP contribution in [-0.4, -0.2) is 13.8 Å². The lowest BCUT2D eigenvalue weighted by Gasteiger charge is -2.21. The second-order valence-corrected chi connectivity index (χ2v) is 7.86. The molecule has 0 aliphatic heterocycles. The fourth-order valence-electron chi connectivity index (χ4n) is 3.79. The highest BCUT2D eigenvalue weighted by Crippen LogP contribution is 2.24. The molecule has 0 N–H and O–H groups in total. The van der Waals surface area contributed by atoms with Crippen LogP contribution in [0.3, 0.4) is 0 Å². The molecule has 0 aromatic heterocycles. The summed E-state index contributed by atoms with van der Waals surface area (Å²) < 4.78 is 149. The molecule has 0 aliphatic carbocycles. The maximum atomic E-state index is 14.9. The summed E-state index contributed by atoms with van der Waals surface area (Å²) in [6.07, 6.45) is 0. The summed E-state index contributed by atoms with van der Waals surface area (Å²) in [6.45, 7) is -2.76. The minimum absolute atomic E-state index is 0.162. The molecule has 0 unspecified atom stereocenters. The number of benzene rings is 4. The lowest BCUT2D eigenvalue weighted by atomic mass is 9.36. The molecular formula is C25H11BF10N2O. The quantitative estimate of drug-likeness (QED) is 0.0942. The molecule has 0 saturated carbocycles. The van der Waals surface area contributed by atoms with Crippen molar-refractivity contribution in [3.05, 3.63) is 107 Å². The maximum Gasteiger partial charge on any atom is 0.260 e. The van der Waals surface area contributed by atoms with Crippen molar-refractivity contribution in [2.24, 2.45) is 10.2 Å². The number of hydrogen-bond donors (Lipinski definition) is 0. The molecule has 0 fully saturated rings. The monoisotopic (exact) mass is 556 g/mol. The Bertz CT molecular complexity index is 1480. The lowest BCUT2D eigenvalue weighted by molar-refractivity contribution is 0.382. The minimum Gasteiger partial charge on any atom is -0.497 e. The number of azo groups is 1. The van der Waals surface area contributed by atoms with Gasteiger partial charge in [0.25, 0.3) is 6.71 Å².